The molecule has 0 radical (unpaired) electrons. The van der Waals surface area contributed by atoms with Crippen LogP contribution in [-0.2, 0) is 0 Å². The van der Waals surface area contributed by atoms with E-state index in [9.17, 15) is 5.11 Å². The lowest BCUT2D eigenvalue weighted by molar-refractivity contribution is 0.224. The molecule has 0 saturated heterocycles. The lowest BCUT2D eigenvalue weighted by Gasteiger charge is -2.21. The summed E-state index contributed by atoms with van der Waals surface area (Å²) in [6.07, 6.45) is 1.63. The SMILES string of the molecule is CCCCSc1nnc2c(n1)O[C@@H](c1cc(Br)c(O)c(OCC)c1)Nc1ccccc1-2. The summed E-state index contributed by atoms with van der Waals surface area (Å²) in [4.78, 5) is 4.65. The standard InChI is InChI=1S/C22H23BrN4O3S/c1-3-5-10-31-22-25-21-18(26-27-22)14-8-6-7-9-16(14)24-20(30-21)13-11-15(23)19(28)17(12-13)29-4-2/h6-9,11-12,20,24,28H,3-5,10H2,1-2H3/t20-/m0/s1. The summed E-state index contributed by atoms with van der Waals surface area (Å²) < 4.78 is 12.4. The molecule has 1 aromatic heterocycles. The van der Waals surface area contributed by atoms with E-state index in [0.717, 1.165) is 35.4 Å². The number of rotatable bonds is 7. The molecule has 0 aliphatic carbocycles. The molecule has 4 rings (SSSR count). The van der Waals surface area contributed by atoms with Gasteiger partial charge in [-0.3, -0.25) is 0 Å². The Morgan fingerprint density at radius 1 is 1.23 bits per heavy atom. The van der Waals surface area contributed by atoms with Crippen molar-refractivity contribution < 1.29 is 14.6 Å². The lowest BCUT2D eigenvalue weighted by Crippen LogP contribution is -2.17. The molecule has 2 N–H and O–H groups in total. The van der Waals surface area contributed by atoms with Crippen molar-refractivity contribution in [1.29, 1.82) is 0 Å². The molecule has 1 atom stereocenters. The van der Waals surface area contributed by atoms with Crippen LogP contribution in [0.4, 0.5) is 5.69 Å². The van der Waals surface area contributed by atoms with Crippen molar-refractivity contribution in [2.24, 2.45) is 0 Å². The summed E-state index contributed by atoms with van der Waals surface area (Å²) in [5.41, 5.74) is 3.09. The van der Waals surface area contributed by atoms with Gasteiger partial charge in [-0.1, -0.05) is 43.3 Å². The first-order chi connectivity index (χ1) is 15.1. The molecule has 3 aromatic rings. The molecular formula is C22H23BrN4O3S. The van der Waals surface area contributed by atoms with Crippen LogP contribution in [0.3, 0.4) is 0 Å². The maximum Gasteiger partial charge on any atom is 0.247 e. The predicted octanol–water partition coefficient (Wildman–Crippen LogP) is 5.80. The summed E-state index contributed by atoms with van der Waals surface area (Å²) in [6.45, 7) is 4.45. The first kappa shape index (κ1) is 21.7. The van der Waals surface area contributed by atoms with Crippen LogP contribution in [0.15, 0.2) is 46.0 Å². The number of nitrogens with zero attached hydrogens (tertiary/aromatic N) is 3. The fraction of sp³-hybridized carbons (Fsp3) is 0.318. The highest BCUT2D eigenvalue weighted by Crippen LogP contribution is 2.42. The maximum atomic E-state index is 10.3. The van der Waals surface area contributed by atoms with Crippen molar-refractivity contribution in [2.75, 3.05) is 17.7 Å². The molecule has 0 fully saturated rings. The normalized spacial score (nSPS) is 14.6. The van der Waals surface area contributed by atoms with Crippen LogP contribution in [0, 0.1) is 0 Å². The number of nitrogens with one attached hydrogen (secondary N) is 1. The van der Waals surface area contributed by atoms with Gasteiger partial charge in [-0.05, 0) is 47.5 Å². The fourth-order valence-corrected chi connectivity index (χ4v) is 4.50. The van der Waals surface area contributed by atoms with Crippen molar-refractivity contribution in [3.8, 4) is 28.6 Å². The second kappa shape index (κ2) is 9.74. The van der Waals surface area contributed by atoms with Gasteiger partial charge in [-0.15, -0.1) is 10.2 Å². The number of ether oxygens (including phenoxy) is 2. The Labute approximate surface area is 193 Å². The number of benzene rings is 2. The fourth-order valence-electron chi connectivity index (χ4n) is 3.18. The number of aromatic hydroxyl groups is 1. The number of hydrogen-bond acceptors (Lipinski definition) is 8. The molecule has 31 heavy (non-hydrogen) atoms. The molecule has 0 unspecified atom stereocenters. The number of phenolic OH excluding ortho intramolecular Hbond substituents is 1. The van der Waals surface area contributed by atoms with E-state index in [0.29, 0.717) is 33.6 Å². The van der Waals surface area contributed by atoms with Crippen molar-refractivity contribution in [3.05, 3.63) is 46.4 Å². The summed E-state index contributed by atoms with van der Waals surface area (Å²) in [5, 5.41) is 23.0. The highest BCUT2D eigenvalue weighted by atomic mass is 79.9. The number of anilines is 1. The maximum absolute atomic E-state index is 10.3. The van der Waals surface area contributed by atoms with E-state index in [1.807, 2.05) is 31.2 Å². The predicted molar refractivity (Wildman–Crippen MR) is 125 cm³/mol. The largest absolute Gasteiger partial charge is 0.503 e. The Morgan fingerprint density at radius 3 is 2.87 bits per heavy atom. The van der Waals surface area contributed by atoms with E-state index in [4.69, 9.17) is 9.47 Å². The van der Waals surface area contributed by atoms with E-state index in [2.05, 4.69) is 43.4 Å². The molecule has 2 aromatic carbocycles. The zero-order chi connectivity index (χ0) is 21.8. The van der Waals surface area contributed by atoms with Crippen LogP contribution in [0.1, 0.15) is 38.5 Å². The van der Waals surface area contributed by atoms with E-state index in [1.54, 1.807) is 23.9 Å². The van der Waals surface area contributed by atoms with Crippen molar-refractivity contribution in [3.63, 3.8) is 0 Å². The van der Waals surface area contributed by atoms with Gasteiger partial charge in [-0.2, -0.15) is 4.98 Å². The molecule has 0 bridgehead atoms. The minimum Gasteiger partial charge on any atom is -0.503 e. The second-order valence-electron chi connectivity index (χ2n) is 6.92. The van der Waals surface area contributed by atoms with E-state index >= 15 is 0 Å². The molecule has 162 valence electrons. The lowest BCUT2D eigenvalue weighted by atomic mass is 10.1. The van der Waals surface area contributed by atoms with Crippen LogP contribution < -0.4 is 14.8 Å². The van der Waals surface area contributed by atoms with Gasteiger partial charge in [0, 0.05) is 22.6 Å². The summed E-state index contributed by atoms with van der Waals surface area (Å²) in [7, 11) is 0. The number of halogens is 1. The third kappa shape index (κ3) is 4.72. The number of fused-ring (bicyclic) bond motifs is 3. The van der Waals surface area contributed by atoms with Gasteiger partial charge in [0.15, 0.2) is 23.4 Å². The first-order valence-corrected chi connectivity index (χ1v) is 11.9. The molecule has 0 spiro atoms. The van der Waals surface area contributed by atoms with Gasteiger partial charge in [0.1, 0.15) is 0 Å². The van der Waals surface area contributed by atoms with Gasteiger partial charge in [0.25, 0.3) is 0 Å². The van der Waals surface area contributed by atoms with Crippen LogP contribution in [-0.4, -0.2) is 32.6 Å². The van der Waals surface area contributed by atoms with Crippen molar-refractivity contribution >= 4 is 33.4 Å². The minimum atomic E-state index is -0.566. The summed E-state index contributed by atoms with van der Waals surface area (Å²) >= 11 is 4.98. The van der Waals surface area contributed by atoms with Gasteiger partial charge in [-0.25, -0.2) is 0 Å². The van der Waals surface area contributed by atoms with Crippen molar-refractivity contribution in [1.82, 2.24) is 15.2 Å². The number of para-hydroxylation sites is 1. The average Bonchev–Trinajstić information content (AvgIpc) is 2.93. The monoisotopic (exact) mass is 502 g/mol. The number of unbranched alkanes of at least 4 members (excludes halogenated alkanes) is 1. The smallest absolute Gasteiger partial charge is 0.247 e. The highest BCUT2D eigenvalue weighted by molar-refractivity contribution is 9.10. The Morgan fingerprint density at radius 2 is 2.06 bits per heavy atom. The zero-order valence-electron chi connectivity index (χ0n) is 17.3. The molecule has 1 aliphatic heterocycles. The minimum absolute atomic E-state index is 0.0543. The molecule has 0 saturated carbocycles. The molecule has 1 aliphatic rings. The van der Waals surface area contributed by atoms with Crippen LogP contribution in [0.5, 0.6) is 17.4 Å². The molecule has 0 amide bonds. The molecule has 2 heterocycles. The molecule has 7 nitrogen and oxygen atoms in total. The Bertz CT molecular complexity index is 1080. The van der Waals surface area contributed by atoms with Crippen molar-refractivity contribution in [2.45, 2.75) is 38.1 Å². The Balaban J connectivity index is 1.76. The second-order valence-corrected chi connectivity index (χ2v) is 8.84. The topological polar surface area (TPSA) is 89.4 Å². The van der Waals surface area contributed by atoms with E-state index in [1.165, 1.54) is 0 Å². The van der Waals surface area contributed by atoms with E-state index in [-0.39, 0.29) is 5.75 Å². The first-order valence-electron chi connectivity index (χ1n) is 10.2. The summed E-state index contributed by atoms with van der Waals surface area (Å²) in [5.74, 6) is 1.78. The number of thioether (sulfide) groups is 1. The Hall–Kier alpha value is -2.52. The third-order valence-corrected chi connectivity index (χ3v) is 6.24. The van der Waals surface area contributed by atoms with E-state index < -0.39 is 6.23 Å². The van der Waals surface area contributed by atoms with Crippen LogP contribution in [0.25, 0.3) is 11.3 Å². The number of hydrogen-bond donors (Lipinski definition) is 2. The number of aromatic nitrogens is 3. The third-order valence-electron chi connectivity index (χ3n) is 4.72. The van der Waals surface area contributed by atoms with Crippen LogP contribution >= 0.6 is 27.7 Å². The Kier molecular flexibility index (Phi) is 6.82. The van der Waals surface area contributed by atoms with Gasteiger partial charge >= 0.3 is 0 Å². The molecular weight excluding hydrogens is 480 g/mol. The average molecular weight is 503 g/mol. The van der Waals surface area contributed by atoms with Crippen LogP contribution in [0.2, 0.25) is 0 Å². The quantitative estimate of drug-likeness (QED) is 0.309. The summed E-state index contributed by atoms with van der Waals surface area (Å²) in [6, 6.07) is 11.4. The van der Waals surface area contributed by atoms with Gasteiger partial charge in [0.05, 0.1) is 11.1 Å². The molecule has 9 heteroatoms. The van der Waals surface area contributed by atoms with Gasteiger partial charge in [0.2, 0.25) is 11.0 Å². The van der Waals surface area contributed by atoms with Gasteiger partial charge < -0.3 is 19.9 Å². The number of phenols is 1. The zero-order valence-corrected chi connectivity index (χ0v) is 19.7. The highest BCUT2D eigenvalue weighted by Gasteiger charge is 2.27.